The number of hydrogen-bond donors (Lipinski definition) is 1. The topological polar surface area (TPSA) is 114 Å². The second-order valence-electron chi connectivity index (χ2n) is 8.69. The van der Waals surface area contributed by atoms with E-state index in [0.717, 1.165) is 0 Å². The SMILES string of the molecule is C=CC(=O)N1CCN(c2ccc3ncnc(Nc4cc(Cl)c(Oc5ccn6ncnc6c5)cc4F)c3n2)CC1. The fourth-order valence-electron chi connectivity index (χ4n) is 4.30. The van der Waals surface area contributed by atoms with E-state index in [1.165, 1.54) is 30.9 Å². The number of ether oxygens (including phenoxy) is 1. The number of aromatic nitrogens is 6. The maximum Gasteiger partial charge on any atom is 0.246 e. The van der Waals surface area contributed by atoms with Crippen molar-refractivity contribution in [3.8, 4) is 11.5 Å². The highest BCUT2D eigenvalue weighted by Gasteiger charge is 2.21. The van der Waals surface area contributed by atoms with Crippen molar-refractivity contribution in [2.45, 2.75) is 0 Å². The third-order valence-corrected chi connectivity index (χ3v) is 6.61. The monoisotopic (exact) mass is 545 g/mol. The van der Waals surface area contributed by atoms with Gasteiger partial charge in [-0.1, -0.05) is 18.2 Å². The number of halogens is 2. The summed E-state index contributed by atoms with van der Waals surface area (Å²) in [6, 6.07) is 9.67. The largest absolute Gasteiger partial charge is 0.455 e. The Hall–Kier alpha value is -4.84. The summed E-state index contributed by atoms with van der Waals surface area (Å²) < 4.78 is 22.6. The number of benzene rings is 1. The summed E-state index contributed by atoms with van der Waals surface area (Å²) >= 11 is 6.45. The molecule has 1 aliphatic heterocycles. The number of nitrogens with one attached hydrogen (secondary N) is 1. The van der Waals surface area contributed by atoms with Crippen LogP contribution in [-0.2, 0) is 4.79 Å². The molecule has 1 aromatic carbocycles. The predicted octanol–water partition coefficient (Wildman–Crippen LogP) is 4.23. The van der Waals surface area contributed by atoms with Gasteiger partial charge in [0.2, 0.25) is 5.91 Å². The molecule has 1 saturated heterocycles. The molecule has 5 heterocycles. The molecule has 6 rings (SSSR count). The molecule has 13 heteroatoms. The van der Waals surface area contributed by atoms with Crippen LogP contribution in [-0.4, -0.2) is 66.5 Å². The number of carbonyl (C=O) groups excluding carboxylic acids is 1. The van der Waals surface area contributed by atoms with Gasteiger partial charge in [0.15, 0.2) is 11.5 Å². The van der Waals surface area contributed by atoms with Crippen LogP contribution >= 0.6 is 11.6 Å². The van der Waals surface area contributed by atoms with Gasteiger partial charge in [-0.15, -0.1) is 0 Å². The van der Waals surface area contributed by atoms with E-state index in [9.17, 15) is 4.79 Å². The molecule has 0 aliphatic carbocycles. The van der Waals surface area contributed by atoms with Gasteiger partial charge in [-0.05, 0) is 30.3 Å². The molecule has 0 radical (unpaired) electrons. The Kier molecular flexibility index (Phi) is 6.37. The van der Waals surface area contributed by atoms with Crippen LogP contribution in [0.25, 0.3) is 16.7 Å². The van der Waals surface area contributed by atoms with Gasteiger partial charge in [-0.2, -0.15) is 5.10 Å². The molecule has 11 nitrogen and oxygen atoms in total. The Morgan fingerprint density at radius 3 is 2.74 bits per heavy atom. The van der Waals surface area contributed by atoms with Crippen LogP contribution in [0.4, 0.5) is 21.7 Å². The Morgan fingerprint density at radius 2 is 1.92 bits per heavy atom. The third kappa shape index (κ3) is 4.89. The molecule has 0 spiro atoms. The van der Waals surface area contributed by atoms with Crippen molar-refractivity contribution in [2.75, 3.05) is 36.4 Å². The minimum atomic E-state index is -0.594. The van der Waals surface area contributed by atoms with Crippen molar-refractivity contribution in [1.29, 1.82) is 0 Å². The Bertz CT molecular complexity index is 1720. The van der Waals surface area contributed by atoms with Crippen molar-refractivity contribution in [1.82, 2.24) is 34.4 Å². The van der Waals surface area contributed by atoms with Gasteiger partial charge in [0.1, 0.15) is 41.3 Å². The van der Waals surface area contributed by atoms with Crippen LogP contribution in [0.2, 0.25) is 5.02 Å². The number of nitrogens with zero attached hydrogens (tertiary/aromatic N) is 8. The molecule has 5 aromatic rings. The maximum absolute atomic E-state index is 15.2. The highest BCUT2D eigenvalue weighted by atomic mass is 35.5. The quantitative estimate of drug-likeness (QED) is 0.313. The van der Waals surface area contributed by atoms with Crippen molar-refractivity contribution in [3.63, 3.8) is 0 Å². The summed E-state index contributed by atoms with van der Waals surface area (Å²) in [6.07, 6.45) is 5.80. The summed E-state index contributed by atoms with van der Waals surface area (Å²) in [5.74, 6) is 0.927. The number of fused-ring (bicyclic) bond motifs is 2. The lowest BCUT2D eigenvalue weighted by molar-refractivity contribution is -0.126. The van der Waals surface area contributed by atoms with E-state index in [2.05, 4.69) is 36.8 Å². The lowest BCUT2D eigenvalue weighted by atomic mass is 10.2. The van der Waals surface area contributed by atoms with Crippen molar-refractivity contribution in [3.05, 3.63) is 78.7 Å². The number of amides is 1. The molecule has 4 aromatic heterocycles. The van der Waals surface area contributed by atoms with Crippen LogP contribution in [0.1, 0.15) is 0 Å². The van der Waals surface area contributed by atoms with E-state index in [4.69, 9.17) is 21.3 Å². The third-order valence-electron chi connectivity index (χ3n) is 6.31. The first-order chi connectivity index (χ1) is 19.0. The van der Waals surface area contributed by atoms with E-state index in [1.54, 1.807) is 27.7 Å². The molecule has 1 amide bonds. The summed E-state index contributed by atoms with van der Waals surface area (Å²) in [6.45, 7) is 5.90. The van der Waals surface area contributed by atoms with Crippen LogP contribution in [0.15, 0.2) is 67.9 Å². The summed E-state index contributed by atoms with van der Waals surface area (Å²) in [7, 11) is 0. The molecule has 1 fully saturated rings. The summed E-state index contributed by atoms with van der Waals surface area (Å²) in [5, 5.41) is 7.22. The van der Waals surface area contributed by atoms with E-state index >= 15 is 4.39 Å². The van der Waals surface area contributed by atoms with Crippen molar-refractivity contribution in [2.24, 2.45) is 0 Å². The van der Waals surface area contributed by atoms with Gasteiger partial charge < -0.3 is 19.9 Å². The number of hydrogen-bond acceptors (Lipinski definition) is 9. The molecule has 1 aliphatic rings. The molecule has 0 bridgehead atoms. The van der Waals surface area contributed by atoms with Gasteiger partial charge in [0, 0.05) is 44.5 Å². The standard InChI is InChI=1S/C26H21ClFN9O2/c1-2-24(38)36-9-7-35(8-10-36)22-4-3-19-25(34-22)26(31-14-29-19)33-20-12-17(27)21(13-18(20)28)39-16-5-6-37-23(11-16)30-15-32-37/h2-6,11-15H,1,7-10H2,(H,29,31,33). The summed E-state index contributed by atoms with van der Waals surface area (Å²) in [4.78, 5) is 33.2. The number of anilines is 3. The smallest absolute Gasteiger partial charge is 0.246 e. The second-order valence-corrected chi connectivity index (χ2v) is 9.10. The van der Waals surface area contributed by atoms with Gasteiger partial charge in [-0.3, -0.25) is 4.79 Å². The molecular weight excluding hydrogens is 525 g/mol. The zero-order valence-corrected chi connectivity index (χ0v) is 21.2. The lowest BCUT2D eigenvalue weighted by Crippen LogP contribution is -2.48. The van der Waals surface area contributed by atoms with Gasteiger partial charge in [0.05, 0.1) is 16.2 Å². The zero-order chi connectivity index (χ0) is 26.9. The predicted molar refractivity (Wildman–Crippen MR) is 144 cm³/mol. The van der Waals surface area contributed by atoms with Crippen LogP contribution < -0.4 is 15.0 Å². The molecule has 0 atom stereocenters. The minimum Gasteiger partial charge on any atom is -0.455 e. The fourth-order valence-corrected chi connectivity index (χ4v) is 4.50. The Morgan fingerprint density at radius 1 is 1.08 bits per heavy atom. The first kappa shape index (κ1) is 24.5. The highest BCUT2D eigenvalue weighted by Crippen LogP contribution is 2.35. The van der Waals surface area contributed by atoms with Gasteiger partial charge in [0.25, 0.3) is 0 Å². The Labute approximate surface area is 226 Å². The van der Waals surface area contributed by atoms with Gasteiger partial charge >= 0.3 is 0 Å². The normalized spacial score (nSPS) is 13.6. The highest BCUT2D eigenvalue weighted by molar-refractivity contribution is 6.32. The fraction of sp³-hybridized carbons (Fsp3) is 0.154. The number of carbonyl (C=O) groups is 1. The molecule has 196 valence electrons. The van der Waals surface area contributed by atoms with Crippen LogP contribution in [0.5, 0.6) is 11.5 Å². The first-order valence-electron chi connectivity index (χ1n) is 12.0. The van der Waals surface area contributed by atoms with E-state index in [1.807, 2.05) is 12.1 Å². The van der Waals surface area contributed by atoms with Crippen LogP contribution in [0.3, 0.4) is 0 Å². The average Bonchev–Trinajstić information content (AvgIpc) is 3.43. The Balaban J connectivity index is 1.24. The minimum absolute atomic E-state index is 0.0884. The number of piperazine rings is 1. The first-order valence-corrected chi connectivity index (χ1v) is 12.4. The van der Waals surface area contributed by atoms with E-state index in [0.29, 0.717) is 60.2 Å². The zero-order valence-electron chi connectivity index (χ0n) is 20.5. The lowest BCUT2D eigenvalue weighted by Gasteiger charge is -2.35. The molecule has 39 heavy (non-hydrogen) atoms. The average molecular weight is 546 g/mol. The number of rotatable bonds is 6. The molecular formula is C26H21ClFN9O2. The molecule has 0 saturated carbocycles. The van der Waals surface area contributed by atoms with Crippen molar-refractivity contribution >= 4 is 51.5 Å². The van der Waals surface area contributed by atoms with Gasteiger partial charge in [-0.25, -0.2) is 28.8 Å². The molecule has 1 N–H and O–H groups in total. The van der Waals surface area contributed by atoms with E-state index in [-0.39, 0.29) is 22.4 Å². The van der Waals surface area contributed by atoms with E-state index < -0.39 is 5.82 Å². The summed E-state index contributed by atoms with van der Waals surface area (Å²) in [5.41, 5.74) is 1.74. The molecule has 0 unspecified atom stereocenters. The second kappa shape index (κ2) is 10.1. The van der Waals surface area contributed by atoms with Crippen LogP contribution in [0, 0.1) is 5.82 Å². The number of pyridine rings is 2. The van der Waals surface area contributed by atoms with Crippen molar-refractivity contribution < 1.29 is 13.9 Å². The maximum atomic E-state index is 15.2.